The molecule has 0 fully saturated rings. The molecule has 3 N–H and O–H groups in total. The van der Waals surface area contributed by atoms with Crippen molar-refractivity contribution in [3.8, 4) is 0 Å². The largest absolute Gasteiger partial charge is 0.396 e. The van der Waals surface area contributed by atoms with Crippen LogP contribution >= 0.6 is 27.3 Å². The lowest BCUT2D eigenvalue weighted by atomic mass is 9.89. The fourth-order valence-electron chi connectivity index (χ4n) is 1.46. The second-order valence-corrected chi connectivity index (χ2v) is 6.25. The van der Waals surface area contributed by atoms with Gasteiger partial charge >= 0.3 is 0 Å². The number of hydrogen-bond donors (Lipinski definition) is 2. The Hall–Kier alpha value is 0.1000. The van der Waals surface area contributed by atoms with E-state index < -0.39 is 0 Å². The molecule has 0 saturated carbocycles. The van der Waals surface area contributed by atoms with E-state index in [1.165, 1.54) is 0 Å². The quantitative estimate of drug-likeness (QED) is 0.889. The van der Waals surface area contributed by atoms with E-state index >= 15 is 0 Å². The third-order valence-corrected chi connectivity index (χ3v) is 4.18. The van der Waals surface area contributed by atoms with E-state index in [-0.39, 0.29) is 18.6 Å². The Labute approximate surface area is 97.3 Å². The van der Waals surface area contributed by atoms with E-state index in [1.807, 2.05) is 12.1 Å². The van der Waals surface area contributed by atoms with Crippen molar-refractivity contribution in [3.63, 3.8) is 0 Å². The highest BCUT2D eigenvalue weighted by Crippen LogP contribution is 2.32. The van der Waals surface area contributed by atoms with Crippen LogP contribution in [0.2, 0.25) is 0 Å². The third kappa shape index (κ3) is 2.79. The summed E-state index contributed by atoms with van der Waals surface area (Å²) in [7, 11) is 0. The highest BCUT2D eigenvalue weighted by molar-refractivity contribution is 9.11. The van der Waals surface area contributed by atoms with Gasteiger partial charge in [-0.2, -0.15) is 0 Å². The van der Waals surface area contributed by atoms with Crippen LogP contribution in [0.4, 0.5) is 0 Å². The molecule has 0 aliphatic heterocycles. The number of hydrogen-bond acceptors (Lipinski definition) is 3. The van der Waals surface area contributed by atoms with Gasteiger partial charge < -0.3 is 10.8 Å². The van der Waals surface area contributed by atoms with Crippen LogP contribution in [0.15, 0.2) is 15.9 Å². The highest BCUT2D eigenvalue weighted by Gasteiger charge is 2.22. The number of thiophene rings is 1. The van der Waals surface area contributed by atoms with Gasteiger partial charge in [-0.15, -0.1) is 11.3 Å². The van der Waals surface area contributed by atoms with Crippen LogP contribution in [-0.4, -0.2) is 11.7 Å². The van der Waals surface area contributed by atoms with Gasteiger partial charge in [-0.1, -0.05) is 13.8 Å². The molecule has 14 heavy (non-hydrogen) atoms. The first-order chi connectivity index (χ1) is 6.56. The second-order valence-electron chi connectivity index (χ2n) is 3.76. The van der Waals surface area contributed by atoms with E-state index in [4.69, 9.17) is 5.73 Å². The molecule has 0 bridgehead atoms. The summed E-state index contributed by atoms with van der Waals surface area (Å²) in [6.07, 6.45) is 0. The van der Waals surface area contributed by atoms with Gasteiger partial charge in [0.25, 0.3) is 0 Å². The molecule has 2 unspecified atom stereocenters. The van der Waals surface area contributed by atoms with Crippen molar-refractivity contribution < 1.29 is 5.11 Å². The lowest BCUT2D eigenvalue weighted by Gasteiger charge is -2.24. The fraction of sp³-hybridized carbons (Fsp3) is 0.600. The highest BCUT2D eigenvalue weighted by atomic mass is 79.9. The number of halogens is 1. The summed E-state index contributed by atoms with van der Waals surface area (Å²) in [6, 6.07) is 3.95. The van der Waals surface area contributed by atoms with Crippen LogP contribution in [0.5, 0.6) is 0 Å². The summed E-state index contributed by atoms with van der Waals surface area (Å²) >= 11 is 5.05. The molecular weight excluding hydrogens is 262 g/mol. The predicted octanol–water partition coefficient (Wildman–Crippen LogP) is 2.77. The maximum atomic E-state index is 9.25. The summed E-state index contributed by atoms with van der Waals surface area (Å²) in [5.41, 5.74) is 6.09. The van der Waals surface area contributed by atoms with Crippen LogP contribution in [-0.2, 0) is 0 Å². The summed E-state index contributed by atoms with van der Waals surface area (Å²) in [4.78, 5) is 1.13. The Balaban J connectivity index is 2.77. The SMILES string of the molecule is CC(C)C(CO)C(N)c1ccc(Br)s1. The molecule has 0 amide bonds. The number of nitrogens with two attached hydrogens (primary N) is 1. The number of aliphatic hydroxyl groups excluding tert-OH is 1. The molecule has 0 radical (unpaired) electrons. The molecule has 1 aromatic rings. The van der Waals surface area contributed by atoms with Crippen LogP contribution in [0, 0.1) is 11.8 Å². The molecule has 0 spiro atoms. The van der Waals surface area contributed by atoms with E-state index in [2.05, 4.69) is 29.8 Å². The maximum absolute atomic E-state index is 9.25. The Morgan fingerprint density at radius 3 is 2.50 bits per heavy atom. The summed E-state index contributed by atoms with van der Waals surface area (Å²) in [6.45, 7) is 4.32. The van der Waals surface area contributed by atoms with E-state index in [1.54, 1.807) is 11.3 Å². The van der Waals surface area contributed by atoms with Crippen molar-refractivity contribution in [3.05, 3.63) is 20.8 Å². The van der Waals surface area contributed by atoms with Gasteiger partial charge in [0.05, 0.1) is 3.79 Å². The zero-order valence-electron chi connectivity index (χ0n) is 8.40. The van der Waals surface area contributed by atoms with Crippen LogP contribution in [0.1, 0.15) is 24.8 Å². The van der Waals surface area contributed by atoms with Gasteiger partial charge in [0, 0.05) is 23.4 Å². The van der Waals surface area contributed by atoms with Gasteiger partial charge in [0.1, 0.15) is 0 Å². The van der Waals surface area contributed by atoms with Gasteiger partial charge in [0.15, 0.2) is 0 Å². The molecule has 4 heteroatoms. The normalized spacial score (nSPS) is 15.9. The Kier molecular flexibility index (Phi) is 4.57. The van der Waals surface area contributed by atoms with E-state index in [0.717, 1.165) is 8.66 Å². The standard InChI is InChI=1S/C10H16BrNOS/c1-6(2)7(5-13)10(12)8-3-4-9(11)14-8/h3-4,6-7,10,13H,5,12H2,1-2H3. The Morgan fingerprint density at radius 1 is 1.50 bits per heavy atom. The van der Waals surface area contributed by atoms with Gasteiger partial charge in [-0.05, 0) is 34.0 Å². The molecular formula is C10H16BrNOS. The molecule has 1 aromatic heterocycles. The van der Waals surface area contributed by atoms with Crippen molar-refractivity contribution in [2.24, 2.45) is 17.6 Å². The minimum absolute atomic E-state index is 0.0590. The third-order valence-electron chi connectivity index (χ3n) is 2.45. The average Bonchev–Trinajstić information content (AvgIpc) is 2.52. The number of aliphatic hydroxyl groups is 1. The first kappa shape index (κ1) is 12.2. The monoisotopic (exact) mass is 277 g/mol. The molecule has 1 heterocycles. The first-order valence-corrected chi connectivity index (χ1v) is 6.29. The van der Waals surface area contributed by atoms with E-state index in [0.29, 0.717) is 5.92 Å². The van der Waals surface area contributed by atoms with Crippen molar-refractivity contribution in [2.75, 3.05) is 6.61 Å². The molecule has 0 aromatic carbocycles. The van der Waals surface area contributed by atoms with Gasteiger partial charge in [0.2, 0.25) is 0 Å². The molecule has 1 rings (SSSR count). The average molecular weight is 278 g/mol. The van der Waals surface area contributed by atoms with Crippen molar-refractivity contribution >= 4 is 27.3 Å². The zero-order chi connectivity index (χ0) is 10.7. The first-order valence-electron chi connectivity index (χ1n) is 4.68. The van der Waals surface area contributed by atoms with Crippen molar-refractivity contribution in [2.45, 2.75) is 19.9 Å². The van der Waals surface area contributed by atoms with Gasteiger partial charge in [-0.3, -0.25) is 0 Å². The molecule has 0 aliphatic rings. The lowest BCUT2D eigenvalue weighted by molar-refractivity contribution is 0.167. The van der Waals surface area contributed by atoms with Crippen LogP contribution < -0.4 is 5.73 Å². The fourth-order valence-corrected chi connectivity index (χ4v) is 2.96. The summed E-state index contributed by atoms with van der Waals surface area (Å²) in [5, 5.41) is 9.25. The predicted molar refractivity (Wildman–Crippen MR) is 64.4 cm³/mol. The Morgan fingerprint density at radius 2 is 2.14 bits per heavy atom. The molecule has 0 aliphatic carbocycles. The smallest absolute Gasteiger partial charge is 0.0701 e. The maximum Gasteiger partial charge on any atom is 0.0701 e. The zero-order valence-corrected chi connectivity index (χ0v) is 10.8. The lowest BCUT2D eigenvalue weighted by Crippen LogP contribution is -2.27. The second kappa shape index (κ2) is 5.26. The Bertz CT molecular complexity index is 287. The van der Waals surface area contributed by atoms with Gasteiger partial charge in [-0.25, -0.2) is 0 Å². The molecule has 2 atom stereocenters. The minimum Gasteiger partial charge on any atom is -0.396 e. The molecule has 2 nitrogen and oxygen atoms in total. The van der Waals surface area contributed by atoms with Crippen molar-refractivity contribution in [1.82, 2.24) is 0 Å². The van der Waals surface area contributed by atoms with Crippen LogP contribution in [0.25, 0.3) is 0 Å². The minimum atomic E-state index is -0.0590. The summed E-state index contributed by atoms with van der Waals surface area (Å²) < 4.78 is 1.09. The number of rotatable bonds is 4. The van der Waals surface area contributed by atoms with E-state index in [9.17, 15) is 5.11 Å². The summed E-state index contributed by atoms with van der Waals surface area (Å²) in [5.74, 6) is 0.538. The van der Waals surface area contributed by atoms with Crippen molar-refractivity contribution in [1.29, 1.82) is 0 Å². The van der Waals surface area contributed by atoms with Crippen LogP contribution in [0.3, 0.4) is 0 Å². The molecule has 0 saturated heterocycles. The molecule has 80 valence electrons. The topological polar surface area (TPSA) is 46.2 Å².